The summed E-state index contributed by atoms with van der Waals surface area (Å²) in [5, 5.41) is 5.44. The average Bonchev–Trinajstić information content (AvgIpc) is 2.97. The maximum absolute atomic E-state index is 13.7. The first-order valence-electron chi connectivity index (χ1n) is 10.8. The number of benzene rings is 1. The Bertz CT molecular complexity index is 1030. The Morgan fingerprint density at radius 2 is 1.97 bits per heavy atom. The third kappa shape index (κ3) is 6.92. The van der Waals surface area contributed by atoms with Gasteiger partial charge < -0.3 is 26.0 Å². The highest BCUT2D eigenvalue weighted by Gasteiger charge is 2.28. The minimum Gasteiger partial charge on any atom is -0.444 e. The second-order valence-electron chi connectivity index (χ2n) is 8.95. The summed E-state index contributed by atoms with van der Waals surface area (Å²) in [6.07, 6.45) is 1.94. The van der Waals surface area contributed by atoms with E-state index >= 15 is 0 Å². The summed E-state index contributed by atoms with van der Waals surface area (Å²) >= 11 is 1.13. The molecule has 3 rings (SSSR count). The smallest absolute Gasteiger partial charge is 0.410 e. The highest BCUT2D eigenvalue weighted by atomic mass is 32.1. The lowest BCUT2D eigenvalue weighted by molar-refractivity contribution is 0.0242. The average molecular weight is 477 g/mol. The van der Waals surface area contributed by atoms with E-state index in [4.69, 9.17) is 10.5 Å². The van der Waals surface area contributed by atoms with Crippen LogP contribution in [0.1, 0.15) is 49.7 Å². The number of ether oxygens (including phenoxy) is 1. The van der Waals surface area contributed by atoms with E-state index in [0.717, 1.165) is 24.2 Å². The minimum atomic E-state index is -0.807. The molecule has 1 atom stereocenters. The number of halogens is 1. The molecule has 10 heteroatoms. The third-order valence-electron chi connectivity index (χ3n) is 4.96. The Labute approximate surface area is 196 Å². The van der Waals surface area contributed by atoms with Crippen molar-refractivity contribution in [1.82, 2.24) is 10.2 Å². The summed E-state index contributed by atoms with van der Waals surface area (Å²) in [7, 11) is 0. The number of likely N-dealkylation sites (tertiary alicyclic amines) is 1. The molecule has 2 heterocycles. The highest BCUT2D eigenvalue weighted by Crippen LogP contribution is 2.35. The molecule has 2 aromatic rings. The van der Waals surface area contributed by atoms with Crippen LogP contribution >= 0.6 is 11.3 Å². The molecule has 0 saturated carbocycles. The van der Waals surface area contributed by atoms with Gasteiger partial charge in [0.1, 0.15) is 16.3 Å². The maximum atomic E-state index is 13.7. The van der Waals surface area contributed by atoms with Crippen LogP contribution in [0.4, 0.5) is 19.7 Å². The third-order valence-corrected chi connectivity index (χ3v) is 6.15. The zero-order valence-corrected chi connectivity index (χ0v) is 19.8. The van der Waals surface area contributed by atoms with Crippen molar-refractivity contribution in [3.63, 3.8) is 0 Å². The number of primary amides is 1. The molecule has 1 aromatic heterocycles. The molecular weight excluding hydrogens is 447 g/mol. The van der Waals surface area contributed by atoms with Gasteiger partial charge in [0.2, 0.25) is 0 Å². The van der Waals surface area contributed by atoms with Gasteiger partial charge in [-0.15, -0.1) is 11.3 Å². The van der Waals surface area contributed by atoms with Crippen molar-refractivity contribution in [3.05, 3.63) is 41.0 Å². The van der Waals surface area contributed by atoms with Gasteiger partial charge in [-0.3, -0.25) is 4.79 Å². The second kappa shape index (κ2) is 10.2. The van der Waals surface area contributed by atoms with Crippen LogP contribution in [0.2, 0.25) is 0 Å². The molecule has 1 aliphatic heterocycles. The van der Waals surface area contributed by atoms with E-state index in [1.54, 1.807) is 23.1 Å². The minimum absolute atomic E-state index is 0.251. The molecule has 1 saturated heterocycles. The van der Waals surface area contributed by atoms with Gasteiger partial charge in [0.25, 0.3) is 5.91 Å². The predicted octanol–water partition coefficient (Wildman–Crippen LogP) is 4.56. The van der Waals surface area contributed by atoms with Crippen molar-refractivity contribution in [2.45, 2.75) is 51.7 Å². The van der Waals surface area contributed by atoms with Gasteiger partial charge in [-0.1, -0.05) is 12.1 Å². The summed E-state index contributed by atoms with van der Waals surface area (Å²) in [5.41, 5.74) is 5.50. The van der Waals surface area contributed by atoms with E-state index in [-0.39, 0.29) is 16.6 Å². The summed E-state index contributed by atoms with van der Waals surface area (Å²) in [6, 6.07) is 6.48. The summed E-state index contributed by atoms with van der Waals surface area (Å²) in [5.74, 6) is -0.806. The molecule has 8 nitrogen and oxygen atoms in total. The van der Waals surface area contributed by atoms with Crippen LogP contribution < -0.4 is 16.4 Å². The molecule has 0 spiro atoms. The van der Waals surface area contributed by atoms with Crippen LogP contribution in [0.15, 0.2) is 30.3 Å². The molecule has 178 valence electrons. The highest BCUT2D eigenvalue weighted by molar-refractivity contribution is 7.18. The standard InChI is InChI=1S/C23H29FN4O4S/c1-23(2,3)32-22(31)28-10-5-4-9-16(13-28)26-20(29)19-17(27-21(25)30)12-18(33-19)14-7-6-8-15(24)11-14/h6-8,11-12,16H,4-5,9-10,13H2,1-3H3,(H,26,29)(H3,25,27,30)/t16-/m0/s1. The van der Waals surface area contributed by atoms with Gasteiger partial charge in [0, 0.05) is 24.0 Å². The van der Waals surface area contributed by atoms with Gasteiger partial charge >= 0.3 is 12.1 Å². The van der Waals surface area contributed by atoms with E-state index in [2.05, 4.69) is 10.6 Å². The van der Waals surface area contributed by atoms with Crippen molar-refractivity contribution in [1.29, 1.82) is 0 Å². The lowest BCUT2D eigenvalue weighted by Crippen LogP contribution is -2.46. The van der Waals surface area contributed by atoms with E-state index < -0.39 is 29.4 Å². The molecule has 1 fully saturated rings. The zero-order valence-electron chi connectivity index (χ0n) is 18.9. The lowest BCUT2D eigenvalue weighted by atomic mass is 10.1. The monoisotopic (exact) mass is 476 g/mol. The topological polar surface area (TPSA) is 114 Å². The Hall–Kier alpha value is -3.14. The van der Waals surface area contributed by atoms with Crippen molar-refractivity contribution in [2.75, 3.05) is 18.4 Å². The molecular formula is C23H29FN4O4S. The lowest BCUT2D eigenvalue weighted by Gasteiger charge is -2.28. The maximum Gasteiger partial charge on any atom is 0.410 e. The van der Waals surface area contributed by atoms with Crippen LogP contribution in [-0.2, 0) is 4.74 Å². The number of nitrogens with one attached hydrogen (secondary N) is 2. The quantitative estimate of drug-likeness (QED) is 0.600. The number of carbonyl (C=O) groups excluding carboxylic acids is 3. The fourth-order valence-electron chi connectivity index (χ4n) is 3.57. The number of amides is 4. The van der Waals surface area contributed by atoms with E-state index in [1.807, 2.05) is 20.8 Å². The molecule has 4 N–H and O–H groups in total. The van der Waals surface area contributed by atoms with Crippen LogP contribution in [0, 0.1) is 5.82 Å². The Balaban J connectivity index is 1.79. The number of carbonyl (C=O) groups is 3. The number of nitrogens with zero attached hydrogens (tertiary/aromatic N) is 1. The van der Waals surface area contributed by atoms with Gasteiger partial charge in [0.15, 0.2) is 0 Å². The van der Waals surface area contributed by atoms with Gasteiger partial charge in [-0.2, -0.15) is 0 Å². The normalized spacial score (nSPS) is 16.6. The van der Waals surface area contributed by atoms with Crippen molar-refractivity contribution in [3.8, 4) is 10.4 Å². The number of rotatable bonds is 4. The van der Waals surface area contributed by atoms with Crippen LogP contribution in [0.5, 0.6) is 0 Å². The van der Waals surface area contributed by atoms with Crippen molar-refractivity contribution >= 4 is 35.1 Å². The van der Waals surface area contributed by atoms with Crippen LogP contribution in [0.3, 0.4) is 0 Å². The number of nitrogens with two attached hydrogens (primary N) is 1. The predicted molar refractivity (Wildman–Crippen MR) is 126 cm³/mol. The Morgan fingerprint density at radius 3 is 2.64 bits per heavy atom. The molecule has 1 aromatic carbocycles. The van der Waals surface area contributed by atoms with E-state index in [9.17, 15) is 18.8 Å². The number of hydrogen-bond acceptors (Lipinski definition) is 5. The first kappa shape index (κ1) is 24.5. The second-order valence-corrected chi connectivity index (χ2v) is 10.00. The fraction of sp³-hybridized carbons (Fsp3) is 0.435. The molecule has 0 bridgehead atoms. The van der Waals surface area contributed by atoms with Gasteiger partial charge in [-0.05, 0) is 63.8 Å². The molecule has 0 aliphatic carbocycles. The molecule has 33 heavy (non-hydrogen) atoms. The number of hydrogen-bond donors (Lipinski definition) is 3. The van der Waals surface area contributed by atoms with Gasteiger partial charge in [-0.25, -0.2) is 14.0 Å². The summed E-state index contributed by atoms with van der Waals surface area (Å²) in [4.78, 5) is 39.6. The molecule has 1 aliphatic rings. The molecule has 4 amide bonds. The van der Waals surface area contributed by atoms with Crippen molar-refractivity contribution < 1.29 is 23.5 Å². The van der Waals surface area contributed by atoms with Crippen LogP contribution in [-0.4, -0.2) is 47.7 Å². The molecule has 0 radical (unpaired) electrons. The molecule has 0 unspecified atom stereocenters. The summed E-state index contributed by atoms with van der Waals surface area (Å²) in [6.45, 7) is 6.30. The SMILES string of the molecule is CC(C)(C)OC(=O)N1CCCC[C@H](NC(=O)c2sc(-c3cccc(F)c3)cc2NC(N)=O)C1. The van der Waals surface area contributed by atoms with Crippen molar-refractivity contribution in [2.24, 2.45) is 5.73 Å². The zero-order chi connectivity index (χ0) is 24.2. The van der Waals surface area contributed by atoms with E-state index in [0.29, 0.717) is 30.0 Å². The number of anilines is 1. The number of urea groups is 1. The van der Waals surface area contributed by atoms with Gasteiger partial charge in [0.05, 0.1) is 5.69 Å². The number of thiophene rings is 1. The summed E-state index contributed by atoms with van der Waals surface area (Å²) < 4.78 is 19.2. The Morgan fingerprint density at radius 1 is 1.21 bits per heavy atom. The first-order chi connectivity index (χ1) is 15.5. The van der Waals surface area contributed by atoms with E-state index in [1.165, 1.54) is 12.1 Å². The first-order valence-corrected chi connectivity index (χ1v) is 11.6. The Kier molecular flexibility index (Phi) is 7.57. The van der Waals surface area contributed by atoms with Crippen LogP contribution in [0.25, 0.3) is 10.4 Å². The largest absolute Gasteiger partial charge is 0.444 e. The fourth-order valence-corrected chi connectivity index (χ4v) is 4.59.